The van der Waals surface area contributed by atoms with Crippen molar-refractivity contribution in [3.63, 3.8) is 0 Å². The summed E-state index contributed by atoms with van der Waals surface area (Å²) < 4.78 is 0. The Kier molecular flexibility index (Phi) is 4.93. The number of nitrogens with one attached hydrogen (secondary N) is 1. The smallest absolute Gasteiger partial charge is 0.222 e. The van der Waals surface area contributed by atoms with Crippen LogP contribution in [0.15, 0.2) is 48.5 Å². The quantitative estimate of drug-likeness (QED) is 0.735. The van der Waals surface area contributed by atoms with Gasteiger partial charge in [-0.15, -0.1) is 0 Å². The normalized spacial score (nSPS) is 15.5. The molecule has 0 atom stereocenters. The van der Waals surface area contributed by atoms with Crippen molar-refractivity contribution in [3.05, 3.63) is 64.9 Å². The predicted molar refractivity (Wildman–Crippen MR) is 104 cm³/mol. The second-order valence-corrected chi connectivity index (χ2v) is 7.36. The number of likely N-dealkylation sites (tertiary alicyclic amines) is 1. The van der Waals surface area contributed by atoms with Gasteiger partial charge in [0.25, 0.3) is 0 Å². The molecule has 26 heavy (non-hydrogen) atoms. The van der Waals surface area contributed by atoms with E-state index in [1.807, 2.05) is 47.4 Å². The number of amides is 1. The first-order chi connectivity index (χ1) is 12.7. The van der Waals surface area contributed by atoms with E-state index < -0.39 is 0 Å². The van der Waals surface area contributed by atoms with Crippen molar-refractivity contribution in [2.24, 2.45) is 0 Å². The maximum Gasteiger partial charge on any atom is 0.222 e. The average Bonchev–Trinajstić information content (AvgIpc) is 3.12. The van der Waals surface area contributed by atoms with Gasteiger partial charge in [0.1, 0.15) is 5.82 Å². The third kappa shape index (κ3) is 3.75. The molecule has 1 aliphatic rings. The van der Waals surface area contributed by atoms with E-state index >= 15 is 0 Å². The molecule has 4 rings (SSSR count). The standard InChI is InChI=1S/C21H22ClN3O/c22-17-8-5-15(6-9-17)7-10-20(26)25-13-11-16(12-14-25)21-23-18-3-1-2-4-19(18)24-21/h1-6,8-9,16H,7,10-14H2,(H,23,24). The van der Waals surface area contributed by atoms with Crippen molar-refractivity contribution in [1.82, 2.24) is 14.9 Å². The monoisotopic (exact) mass is 367 g/mol. The number of aromatic amines is 1. The molecule has 1 N–H and O–H groups in total. The summed E-state index contributed by atoms with van der Waals surface area (Å²) in [6.45, 7) is 1.61. The highest BCUT2D eigenvalue weighted by atomic mass is 35.5. The Balaban J connectivity index is 1.31. The van der Waals surface area contributed by atoms with E-state index in [0.29, 0.717) is 12.3 Å². The van der Waals surface area contributed by atoms with Gasteiger partial charge in [0.15, 0.2) is 0 Å². The van der Waals surface area contributed by atoms with Gasteiger partial charge in [-0.1, -0.05) is 35.9 Å². The van der Waals surface area contributed by atoms with E-state index in [-0.39, 0.29) is 5.91 Å². The van der Waals surface area contributed by atoms with Crippen molar-refractivity contribution < 1.29 is 4.79 Å². The van der Waals surface area contributed by atoms with Crippen LogP contribution in [0, 0.1) is 0 Å². The molecule has 0 aliphatic carbocycles. The predicted octanol–water partition coefficient (Wildman–Crippen LogP) is 4.56. The second-order valence-electron chi connectivity index (χ2n) is 6.92. The number of halogens is 1. The summed E-state index contributed by atoms with van der Waals surface area (Å²) >= 11 is 5.90. The van der Waals surface area contributed by atoms with E-state index in [0.717, 1.165) is 59.8 Å². The molecule has 134 valence electrons. The van der Waals surface area contributed by atoms with Crippen LogP contribution in [-0.4, -0.2) is 33.9 Å². The van der Waals surface area contributed by atoms with Crippen molar-refractivity contribution in [2.75, 3.05) is 13.1 Å². The number of aryl methyl sites for hydroxylation is 1. The van der Waals surface area contributed by atoms with Gasteiger partial charge < -0.3 is 9.88 Å². The highest BCUT2D eigenvalue weighted by molar-refractivity contribution is 6.30. The summed E-state index contributed by atoms with van der Waals surface area (Å²) in [5.41, 5.74) is 3.26. The van der Waals surface area contributed by atoms with Gasteiger partial charge >= 0.3 is 0 Å². The number of H-pyrrole nitrogens is 1. The Labute approximate surface area is 158 Å². The number of fused-ring (bicyclic) bond motifs is 1. The van der Waals surface area contributed by atoms with Crippen molar-refractivity contribution in [2.45, 2.75) is 31.6 Å². The van der Waals surface area contributed by atoms with Crippen LogP contribution in [0.4, 0.5) is 0 Å². The van der Waals surface area contributed by atoms with Crippen LogP contribution >= 0.6 is 11.6 Å². The molecule has 1 amide bonds. The van der Waals surface area contributed by atoms with E-state index in [1.54, 1.807) is 0 Å². The average molecular weight is 368 g/mol. The molecular weight excluding hydrogens is 346 g/mol. The van der Waals surface area contributed by atoms with Gasteiger partial charge in [-0.25, -0.2) is 4.98 Å². The molecule has 0 spiro atoms. The number of para-hydroxylation sites is 2. The molecule has 0 radical (unpaired) electrons. The molecule has 4 nitrogen and oxygen atoms in total. The van der Waals surface area contributed by atoms with E-state index in [2.05, 4.69) is 11.1 Å². The summed E-state index contributed by atoms with van der Waals surface area (Å²) in [7, 11) is 0. The largest absolute Gasteiger partial charge is 0.343 e. The van der Waals surface area contributed by atoms with Crippen molar-refractivity contribution >= 4 is 28.5 Å². The Morgan fingerprint density at radius 2 is 1.85 bits per heavy atom. The molecule has 1 fully saturated rings. The first-order valence-electron chi connectivity index (χ1n) is 9.16. The molecule has 3 aromatic rings. The van der Waals surface area contributed by atoms with Crippen LogP contribution in [0.25, 0.3) is 11.0 Å². The van der Waals surface area contributed by atoms with Crippen LogP contribution in [0.3, 0.4) is 0 Å². The van der Waals surface area contributed by atoms with Crippen molar-refractivity contribution in [1.29, 1.82) is 0 Å². The number of imidazole rings is 1. The molecule has 1 saturated heterocycles. The lowest BCUT2D eigenvalue weighted by molar-refractivity contribution is -0.132. The van der Waals surface area contributed by atoms with Crippen LogP contribution in [-0.2, 0) is 11.2 Å². The zero-order valence-corrected chi connectivity index (χ0v) is 15.4. The van der Waals surface area contributed by atoms with E-state index in [1.165, 1.54) is 0 Å². The van der Waals surface area contributed by atoms with Crippen molar-refractivity contribution in [3.8, 4) is 0 Å². The summed E-state index contributed by atoms with van der Waals surface area (Å²) in [4.78, 5) is 22.6. The van der Waals surface area contributed by atoms with Gasteiger partial charge in [0.2, 0.25) is 5.91 Å². The number of carbonyl (C=O) groups is 1. The molecule has 0 saturated carbocycles. The highest BCUT2D eigenvalue weighted by Gasteiger charge is 2.25. The van der Waals surface area contributed by atoms with Crippen LogP contribution in [0.5, 0.6) is 0 Å². The number of aromatic nitrogens is 2. The number of nitrogens with zero attached hydrogens (tertiary/aromatic N) is 2. The van der Waals surface area contributed by atoms with E-state index in [9.17, 15) is 4.79 Å². The SMILES string of the molecule is O=C(CCc1ccc(Cl)cc1)N1CCC(c2nc3ccccc3[nH]2)CC1. The summed E-state index contributed by atoms with van der Waals surface area (Å²) in [6, 6.07) is 15.8. The number of carbonyl (C=O) groups excluding carboxylic acids is 1. The highest BCUT2D eigenvalue weighted by Crippen LogP contribution is 2.28. The third-order valence-corrected chi connectivity index (χ3v) is 5.43. The van der Waals surface area contributed by atoms with Gasteiger partial charge in [-0.2, -0.15) is 0 Å². The minimum absolute atomic E-state index is 0.239. The first kappa shape index (κ1) is 17.1. The number of hydrogen-bond acceptors (Lipinski definition) is 2. The number of rotatable bonds is 4. The number of piperidine rings is 1. The lowest BCUT2D eigenvalue weighted by Crippen LogP contribution is -2.38. The summed E-state index contributed by atoms with van der Waals surface area (Å²) in [6.07, 6.45) is 3.25. The lowest BCUT2D eigenvalue weighted by atomic mass is 9.95. The van der Waals surface area contributed by atoms with Gasteiger partial charge in [0.05, 0.1) is 11.0 Å². The van der Waals surface area contributed by atoms with Gasteiger partial charge in [-0.3, -0.25) is 4.79 Å². The Morgan fingerprint density at radius 1 is 1.12 bits per heavy atom. The summed E-state index contributed by atoms with van der Waals surface area (Å²) in [5, 5.41) is 0.729. The molecule has 0 bridgehead atoms. The number of hydrogen-bond donors (Lipinski definition) is 1. The number of benzene rings is 2. The molecule has 1 aromatic heterocycles. The van der Waals surface area contributed by atoms with Crippen LogP contribution in [0.1, 0.15) is 36.6 Å². The first-order valence-corrected chi connectivity index (χ1v) is 9.54. The maximum atomic E-state index is 12.5. The zero-order valence-electron chi connectivity index (χ0n) is 14.6. The minimum atomic E-state index is 0.239. The van der Waals surface area contributed by atoms with E-state index in [4.69, 9.17) is 16.6 Å². The Bertz CT molecular complexity index is 862. The fourth-order valence-corrected chi connectivity index (χ4v) is 3.75. The minimum Gasteiger partial charge on any atom is -0.343 e. The topological polar surface area (TPSA) is 49.0 Å². The Morgan fingerprint density at radius 3 is 2.58 bits per heavy atom. The van der Waals surface area contributed by atoms with Crippen LogP contribution in [0.2, 0.25) is 5.02 Å². The molecule has 1 aliphatic heterocycles. The molecule has 2 aromatic carbocycles. The van der Waals surface area contributed by atoms with Gasteiger partial charge in [-0.05, 0) is 49.1 Å². The zero-order chi connectivity index (χ0) is 17.9. The molecule has 0 unspecified atom stereocenters. The fourth-order valence-electron chi connectivity index (χ4n) is 3.63. The van der Waals surface area contributed by atoms with Gasteiger partial charge in [0, 0.05) is 30.5 Å². The molecular formula is C21H22ClN3O. The molecule has 5 heteroatoms. The summed E-state index contributed by atoms with van der Waals surface area (Å²) in [5.74, 6) is 1.70. The lowest BCUT2D eigenvalue weighted by Gasteiger charge is -2.31. The fraction of sp³-hybridized carbons (Fsp3) is 0.333. The maximum absolute atomic E-state index is 12.5. The molecule has 2 heterocycles. The Hall–Kier alpha value is -2.33. The van der Waals surface area contributed by atoms with Crippen LogP contribution < -0.4 is 0 Å². The second kappa shape index (κ2) is 7.50. The third-order valence-electron chi connectivity index (χ3n) is 5.18.